The Labute approximate surface area is 115 Å². The van der Waals surface area contributed by atoms with Crippen molar-refractivity contribution in [2.45, 2.75) is 51.4 Å². The number of cyclic esters (lactones) is 1. The predicted molar refractivity (Wildman–Crippen MR) is 72.8 cm³/mol. The highest BCUT2D eigenvalue weighted by Gasteiger charge is 2.32. The number of aliphatic hydroxyl groups is 1. The quantitative estimate of drug-likeness (QED) is 0.707. The number of piperidine rings is 1. The third-order valence-electron chi connectivity index (χ3n) is 4.05. The van der Waals surface area contributed by atoms with E-state index in [9.17, 15) is 9.90 Å². The molecule has 0 spiro atoms. The molecule has 0 aliphatic carbocycles. The predicted octanol–water partition coefficient (Wildman–Crippen LogP) is 0.373. The van der Waals surface area contributed by atoms with Crippen LogP contribution in [0.15, 0.2) is 0 Å². The van der Waals surface area contributed by atoms with Gasteiger partial charge in [-0.15, -0.1) is 0 Å². The Balaban J connectivity index is 1.64. The number of aliphatic hydroxyl groups excluding tert-OH is 1. The van der Waals surface area contributed by atoms with E-state index in [1.54, 1.807) is 0 Å². The number of hydrogen-bond donors (Lipinski definition) is 2. The smallest absolute Gasteiger partial charge is 0.323 e. The molecular formula is C14H26N2O3. The molecule has 0 aromatic heterocycles. The molecular weight excluding hydrogens is 244 g/mol. The molecule has 0 amide bonds. The SMILES string of the molecule is C[C@H](O)CN1CCC(CN[C@H]2C[C@@H](C)OC2=O)CC1. The van der Waals surface area contributed by atoms with Gasteiger partial charge in [-0.1, -0.05) is 0 Å². The fraction of sp³-hybridized carbons (Fsp3) is 0.929. The molecule has 0 bridgehead atoms. The van der Waals surface area contributed by atoms with E-state index >= 15 is 0 Å². The highest BCUT2D eigenvalue weighted by Crippen LogP contribution is 2.19. The second kappa shape index (κ2) is 6.68. The van der Waals surface area contributed by atoms with E-state index in [1.165, 1.54) is 0 Å². The summed E-state index contributed by atoms with van der Waals surface area (Å²) >= 11 is 0. The van der Waals surface area contributed by atoms with E-state index in [2.05, 4.69) is 10.2 Å². The molecule has 2 saturated heterocycles. The Hall–Kier alpha value is -0.650. The van der Waals surface area contributed by atoms with Gasteiger partial charge >= 0.3 is 5.97 Å². The van der Waals surface area contributed by atoms with Crippen LogP contribution in [0.3, 0.4) is 0 Å². The molecule has 2 N–H and O–H groups in total. The van der Waals surface area contributed by atoms with Crippen LogP contribution in [0.5, 0.6) is 0 Å². The van der Waals surface area contributed by atoms with Crippen molar-refractivity contribution >= 4 is 5.97 Å². The van der Waals surface area contributed by atoms with Crippen LogP contribution in [0, 0.1) is 5.92 Å². The summed E-state index contributed by atoms with van der Waals surface area (Å²) in [5.41, 5.74) is 0. The Morgan fingerprint density at radius 2 is 2.16 bits per heavy atom. The lowest BCUT2D eigenvalue weighted by molar-refractivity contribution is -0.142. The van der Waals surface area contributed by atoms with Crippen LogP contribution >= 0.6 is 0 Å². The van der Waals surface area contributed by atoms with E-state index < -0.39 is 0 Å². The number of nitrogens with zero attached hydrogens (tertiary/aromatic N) is 1. The molecule has 2 heterocycles. The van der Waals surface area contributed by atoms with Crippen LogP contribution in [-0.2, 0) is 9.53 Å². The summed E-state index contributed by atoms with van der Waals surface area (Å²) in [7, 11) is 0. The molecule has 2 aliphatic rings. The molecule has 19 heavy (non-hydrogen) atoms. The van der Waals surface area contributed by atoms with Crippen LogP contribution in [-0.4, -0.2) is 60.4 Å². The Bertz CT molecular complexity index is 301. The van der Waals surface area contributed by atoms with Crippen molar-refractivity contribution in [3.63, 3.8) is 0 Å². The van der Waals surface area contributed by atoms with Gasteiger partial charge in [0.05, 0.1) is 6.10 Å². The first kappa shape index (κ1) is 14.8. The lowest BCUT2D eigenvalue weighted by Gasteiger charge is -2.33. The second-order valence-electron chi connectivity index (χ2n) is 6.04. The zero-order valence-electron chi connectivity index (χ0n) is 12.0. The summed E-state index contributed by atoms with van der Waals surface area (Å²) in [4.78, 5) is 13.8. The number of esters is 1. The minimum absolute atomic E-state index is 0.0536. The van der Waals surface area contributed by atoms with Gasteiger partial charge in [0.1, 0.15) is 12.1 Å². The fourth-order valence-electron chi connectivity index (χ4n) is 2.98. The average Bonchev–Trinajstić information content (AvgIpc) is 2.66. The molecule has 0 aromatic rings. The third-order valence-corrected chi connectivity index (χ3v) is 4.05. The van der Waals surface area contributed by atoms with Crippen molar-refractivity contribution in [3.05, 3.63) is 0 Å². The summed E-state index contributed by atoms with van der Waals surface area (Å²) in [6.45, 7) is 7.53. The molecule has 5 nitrogen and oxygen atoms in total. The summed E-state index contributed by atoms with van der Waals surface area (Å²) in [5.74, 6) is 0.535. The largest absolute Gasteiger partial charge is 0.461 e. The van der Waals surface area contributed by atoms with Gasteiger partial charge in [-0.2, -0.15) is 0 Å². The first-order valence-corrected chi connectivity index (χ1v) is 7.39. The number of likely N-dealkylation sites (tertiary alicyclic amines) is 1. The minimum atomic E-state index is -0.246. The summed E-state index contributed by atoms with van der Waals surface area (Å²) < 4.78 is 5.14. The van der Waals surface area contributed by atoms with E-state index in [0.29, 0.717) is 5.92 Å². The molecule has 2 fully saturated rings. The normalized spacial score (nSPS) is 31.4. The lowest BCUT2D eigenvalue weighted by Crippen LogP contribution is -2.42. The summed E-state index contributed by atoms with van der Waals surface area (Å²) in [5, 5.41) is 12.7. The lowest BCUT2D eigenvalue weighted by atomic mass is 9.96. The van der Waals surface area contributed by atoms with Crippen molar-refractivity contribution in [3.8, 4) is 0 Å². The molecule has 0 radical (unpaired) electrons. The van der Waals surface area contributed by atoms with Gasteiger partial charge in [-0.25, -0.2) is 0 Å². The number of hydrogen-bond acceptors (Lipinski definition) is 5. The zero-order valence-corrected chi connectivity index (χ0v) is 12.0. The van der Waals surface area contributed by atoms with Gasteiger partial charge in [0.25, 0.3) is 0 Å². The van der Waals surface area contributed by atoms with Crippen molar-refractivity contribution < 1.29 is 14.6 Å². The highest BCUT2D eigenvalue weighted by atomic mass is 16.6. The van der Waals surface area contributed by atoms with Crippen LogP contribution in [0.2, 0.25) is 0 Å². The molecule has 3 atom stereocenters. The second-order valence-corrected chi connectivity index (χ2v) is 6.04. The van der Waals surface area contributed by atoms with E-state index in [-0.39, 0.29) is 24.2 Å². The van der Waals surface area contributed by atoms with Gasteiger partial charge in [-0.05, 0) is 52.2 Å². The molecule has 110 valence electrons. The number of ether oxygens (including phenoxy) is 1. The number of carbonyl (C=O) groups excluding carboxylic acids is 1. The number of rotatable bonds is 5. The zero-order chi connectivity index (χ0) is 13.8. The van der Waals surface area contributed by atoms with Crippen molar-refractivity contribution in [2.75, 3.05) is 26.2 Å². The molecule has 2 rings (SSSR count). The van der Waals surface area contributed by atoms with E-state index in [4.69, 9.17) is 4.74 Å². The van der Waals surface area contributed by atoms with E-state index in [0.717, 1.165) is 45.4 Å². The maximum absolute atomic E-state index is 11.5. The van der Waals surface area contributed by atoms with Crippen molar-refractivity contribution in [1.29, 1.82) is 0 Å². The molecule has 0 unspecified atom stereocenters. The monoisotopic (exact) mass is 270 g/mol. The maximum Gasteiger partial charge on any atom is 0.323 e. The first-order chi connectivity index (χ1) is 9.04. The van der Waals surface area contributed by atoms with Crippen LogP contribution in [0.25, 0.3) is 0 Å². The standard InChI is InChI=1S/C14H26N2O3/c1-10(17)9-16-5-3-12(4-6-16)8-15-13-7-11(2)19-14(13)18/h10-13,15,17H,3-9H2,1-2H3/t10-,11+,13-/m0/s1. The molecule has 0 aromatic carbocycles. The van der Waals surface area contributed by atoms with Crippen LogP contribution in [0.1, 0.15) is 33.1 Å². The van der Waals surface area contributed by atoms with Gasteiger partial charge in [-0.3, -0.25) is 4.79 Å². The van der Waals surface area contributed by atoms with Gasteiger partial charge < -0.3 is 20.1 Å². The van der Waals surface area contributed by atoms with Crippen LogP contribution in [0.4, 0.5) is 0 Å². The van der Waals surface area contributed by atoms with Crippen molar-refractivity contribution in [1.82, 2.24) is 10.2 Å². The number of β-amino-alcohol motifs (C(OH)–C–C–N with tert-alkyl or cyclic N) is 1. The maximum atomic E-state index is 11.5. The van der Waals surface area contributed by atoms with Gasteiger partial charge in [0.15, 0.2) is 0 Å². The number of nitrogens with one attached hydrogen (secondary N) is 1. The van der Waals surface area contributed by atoms with E-state index in [1.807, 2.05) is 13.8 Å². The Morgan fingerprint density at radius 1 is 1.47 bits per heavy atom. The third kappa shape index (κ3) is 4.44. The van der Waals surface area contributed by atoms with Crippen molar-refractivity contribution in [2.24, 2.45) is 5.92 Å². The molecule has 2 aliphatic heterocycles. The average molecular weight is 270 g/mol. The molecule has 5 heteroatoms. The van der Waals surface area contributed by atoms with Gasteiger partial charge in [0, 0.05) is 13.0 Å². The summed E-state index contributed by atoms with van der Waals surface area (Å²) in [6, 6.07) is -0.106. The Kier molecular flexibility index (Phi) is 5.19. The first-order valence-electron chi connectivity index (χ1n) is 7.39. The molecule has 0 saturated carbocycles. The Morgan fingerprint density at radius 3 is 2.68 bits per heavy atom. The number of carbonyl (C=O) groups is 1. The van der Waals surface area contributed by atoms with Gasteiger partial charge in [0.2, 0.25) is 0 Å². The highest BCUT2D eigenvalue weighted by molar-refractivity contribution is 5.77. The summed E-state index contributed by atoms with van der Waals surface area (Å²) in [6.07, 6.45) is 2.87. The minimum Gasteiger partial charge on any atom is -0.461 e. The topological polar surface area (TPSA) is 61.8 Å². The fourth-order valence-corrected chi connectivity index (χ4v) is 2.98. The van der Waals surface area contributed by atoms with Crippen LogP contribution < -0.4 is 5.32 Å².